The van der Waals surface area contributed by atoms with Gasteiger partial charge >= 0.3 is 0 Å². The molecule has 1 atom stereocenters. The van der Waals surface area contributed by atoms with Crippen LogP contribution in [0.4, 0.5) is 0 Å². The van der Waals surface area contributed by atoms with Gasteiger partial charge in [0.2, 0.25) is 0 Å². The van der Waals surface area contributed by atoms with E-state index in [9.17, 15) is 0 Å². The average molecular weight is 260 g/mol. The highest BCUT2D eigenvalue weighted by Gasteiger charge is 2.21. The van der Waals surface area contributed by atoms with Crippen LogP contribution in [0.25, 0.3) is 11.0 Å². The molecule has 3 heteroatoms. The van der Waals surface area contributed by atoms with E-state index in [1.165, 1.54) is 16.5 Å². The molecule has 1 aromatic carbocycles. The quantitative estimate of drug-likeness (QED) is 0.896. The molecule has 0 amide bonds. The normalized spacial score (nSPS) is 13.4. The fourth-order valence-electron chi connectivity index (χ4n) is 2.78. The van der Waals surface area contributed by atoms with Crippen molar-refractivity contribution in [2.24, 2.45) is 5.73 Å². The summed E-state index contributed by atoms with van der Waals surface area (Å²) in [5.74, 6) is 0.998. The number of nitrogens with two attached hydrogens (primary N) is 1. The Morgan fingerprint density at radius 2 is 1.89 bits per heavy atom. The number of benzene rings is 1. The van der Waals surface area contributed by atoms with E-state index in [-0.39, 0.29) is 6.04 Å². The standard InChI is InChI=1S/C16H24N2O/c1-5-18(6-2)15(10-17)14-9-7-8-13-11(3)12(4)19-16(13)14/h7-9,15H,5-6,10,17H2,1-4H3. The van der Waals surface area contributed by atoms with Crippen LogP contribution in [0.2, 0.25) is 0 Å². The van der Waals surface area contributed by atoms with Crippen molar-refractivity contribution in [3.63, 3.8) is 0 Å². The van der Waals surface area contributed by atoms with Crippen molar-refractivity contribution < 1.29 is 4.42 Å². The van der Waals surface area contributed by atoms with Gasteiger partial charge in [0.05, 0.1) is 6.04 Å². The molecule has 2 aromatic rings. The van der Waals surface area contributed by atoms with Crippen molar-refractivity contribution in [1.29, 1.82) is 0 Å². The number of hydrogen-bond donors (Lipinski definition) is 1. The van der Waals surface area contributed by atoms with E-state index in [4.69, 9.17) is 10.2 Å². The molecule has 1 unspecified atom stereocenters. The fraction of sp³-hybridized carbons (Fsp3) is 0.500. The van der Waals surface area contributed by atoms with Crippen molar-refractivity contribution in [3.8, 4) is 0 Å². The van der Waals surface area contributed by atoms with Crippen LogP contribution < -0.4 is 5.73 Å². The zero-order valence-electron chi connectivity index (χ0n) is 12.4. The minimum Gasteiger partial charge on any atom is -0.461 e. The summed E-state index contributed by atoms with van der Waals surface area (Å²) in [6, 6.07) is 6.59. The minimum absolute atomic E-state index is 0.226. The number of para-hydroxylation sites is 1. The first-order valence-corrected chi connectivity index (χ1v) is 7.06. The summed E-state index contributed by atoms with van der Waals surface area (Å²) in [5.41, 5.74) is 9.45. The van der Waals surface area contributed by atoms with Crippen LogP contribution in [0.5, 0.6) is 0 Å². The maximum Gasteiger partial charge on any atom is 0.139 e. The molecule has 2 N–H and O–H groups in total. The molecule has 0 saturated carbocycles. The number of hydrogen-bond acceptors (Lipinski definition) is 3. The number of fused-ring (bicyclic) bond motifs is 1. The first-order valence-electron chi connectivity index (χ1n) is 7.06. The third kappa shape index (κ3) is 2.40. The predicted molar refractivity (Wildman–Crippen MR) is 80.4 cm³/mol. The third-order valence-corrected chi connectivity index (χ3v) is 4.07. The van der Waals surface area contributed by atoms with Crippen molar-refractivity contribution in [2.75, 3.05) is 19.6 Å². The molecular weight excluding hydrogens is 236 g/mol. The van der Waals surface area contributed by atoms with E-state index >= 15 is 0 Å². The minimum atomic E-state index is 0.226. The molecule has 0 radical (unpaired) electrons. The van der Waals surface area contributed by atoms with Crippen LogP contribution in [0.1, 0.15) is 36.8 Å². The van der Waals surface area contributed by atoms with Gasteiger partial charge in [-0.15, -0.1) is 0 Å². The van der Waals surface area contributed by atoms with Crippen LogP contribution in [0.3, 0.4) is 0 Å². The molecule has 0 aliphatic carbocycles. The van der Waals surface area contributed by atoms with Gasteiger partial charge in [-0.1, -0.05) is 32.0 Å². The Morgan fingerprint density at radius 1 is 1.21 bits per heavy atom. The fourth-order valence-corrected chi connectivity index (χ4v) is 2.78. The lowest BCUT2D eigenvalue weighted by molar-refractivity contribution is 0.224. The molecule has 1 aromatic heterocycles. The van der Waals surface area contributed by atoms with Gasteiger partial charge in [-0.3, -0.25) is 4.90 Å². The van der Waals surface area contributed by atoms with Gasteiger partial charge in [0.15, 0.2) is 0 Å². The maximum atomic E-state index is 6.01. The number of nitrogens with zero attached hydrogens (tertiary/aromatic N) is 1. The van der Waals surface area contributed by atoms with Gasteiger partial charge in [0.1, 0.15) is 11.3 Å². The molecular formula is C16H24N2O. The van der Waals surface area contributed by atoms with Crippen molar-refractivity contribution in [3.05, 3.63) is 35.1 Å². The summed E-state index contributed by atoms with van der Waals surface area (Å²) in [5, 5.41) is 1.21. The predicted octanol–water partition coefficient (Wildman–Crippen LogP) is 3.39. The molecule has 0 aliphatic heterocycles. The van der Waals surface area contributed by atoms with Crippen LogP contribution in [-0.2, 0) is 0 Å². The first kappa shape index (κ1) is 14.1. The van der Waals surface area contributed by atoms with Gasteiger partial charge in [0, 0.05) is 17.5 Å². The van der Waals surface area contributed by atoms with Crippen molar-refractivity contribution in [1.82, 2.24) is 4.90 Å². The van der Waals surface area contributed by atoms with E-state index in [2.05, 4.69) is 43.9 Å². The van der Waals surface area contributed by atoms with Gasteiger partial charge in [0.25, 0.3) is 0 Å². The Kier molecular flexibility index (Phi) is 4.27. The van der Waals surface area contributed by atoms with Crippen molar-refractivity contribution >= 4 is 11.0 Å². The third-order valence-electron chi connectivity index (χ3n) is 4.07. The number of aryl methyl sites for hydroxylation is 2. The lowest BCUT2D eigenvalue weighted by Gasteiger charge is -2.28. The molecule has 104 valence electrons. The van der Waals surface area contributed by atoms with E-state index in [1.807, 2.05) is 6.92 Å². The molecule has 3 nitrogen and oxygen atoms in total. The number of likely N-dealkylation sites (N-methyl/N-ethyl adjacent to an activating group) is 1. The summed E-state index contributed by atoms with van der Waals surface area (Å²) in [7, 11) is 0. The van der Waals surface area contributed by atoms with Crippen LogP contribution >= 0.6 is 0 Å². The van der Waals surface area contributed by atoms with Gasteiger partial charge < -0.3 is 10.2 Å². The zero-order chi connectivity index (χ0) is 14.0. The Morgan fingerprint density at radius 3 is 2.47 bits per heavy atom. The Labute approximate surface area is 115 Å². The van der Waals surface area contributed by atoms with E-state index < -0.39 is 0 Å². The summed E-state index contributed by atoms with van der Waals surface area (Å²) >= 11 is 0. The number of furan rings is 1. The first-order chi connectivity index (χ1) is 9.13. The molecule has 0 aliphatic rings. The largest absolute Gasteiger partial charge is 0.461 e. The smallest absolute Gasteiger partial charge is 0.139 e. The topological polar surface area (TPSA) is 42.4 Å². The van der Waals surface area contributed by atoms with E-state index in [1.54, 1.807) is 0 Å². The lowest BCUT2D eigenvalue weighted by atomic mass is 10.0. The van der Waals surface area contributed by atoms with Crippen LogP contribution in [0, 0.1) is 13.8 Å². The SMILES string of the molecule is CCN(CC)C(CN)c1cccc2c(C)c(C)oc12. The van der Waals surface area contributed by atoms with Crippen LogP contribution in [-0.4, -0.2) is 24.5 Å². The highest BCUT2D eigenvalue weighted by atomic mass is 16.3. The zero-order valence-corrected chi connectivity index (χ0v) is 12.4. The Balaban J connectivity index is 2.57. The molecule has 0 bridgehead atoms. The van der Waals surface area contributed by atoms with Crippen molar-refractivity contribution in [2.45, 2.75) is 33.7 Å². The highest BCUT2D eigenvalue weighted by Crippen LogP contribution is 2.32. The number of rotatable bonds is 5. The second-order valence-electron chi connectivity index (χ2n) is 4.98. The molecule has 2 rings (SSSR count). The molecule has 0 saturated heterocycles. The van der Waals surface area contributed by atoms with E-state index in [0.29, 0.717) is 6.54 Å². The molecule has 0 fully saturated rings. The maximum absolute atomic E-state index is 6.01. The molecule has 0 spiro atoms. The Bertz CT molecular complexity index is 555. The van der Waals surface area contributed by atoms with E-state index in [0.717, 1.165) is 24.4 Å². The summed E-state index contributed by atoms with van der Waals surface area (Å²) in [4.78, 5) is 2.38. The lowest BCUT2D eigenvalue weighted by Crippen LogP contribution is -2.33. The average Bonchev–Trinajstić information content (AvgIpc) is 2.72. The molecule has 19 heavy (non-hydrogen) atoms. The summed E-state index contributed by atoms with van der Waals surface area (Å²) < 4.78 is 5.97. The van der Waals surface area contributed by atoms with Gasteiger partial charge in [-0.2, -0.15) is 0 Å². The van der Waals surface area contributed by atoms with Crippen LogP contribution in [0.15, 0.2) is 22.6 Å². The Hall–Kier alpha value is -1.32. The van der Waals surface area contributed by atoms with Gasteiger partial charge in [-0.25, -0.2) is 0 Å². The second kappa shape index (κ2) is 5.76. The molecule has 1 heterocycles. The summed E-state index contributed by atoms with van der Waals surface area (Å²) in [6.45, 7) is 11.1. The monoisotopic (exact) mass is 260 g/mol. The van der Waals surface area contributed by atoms with Gasteiger partial charge in [-0.05, 0) is 32.5 Å². The second-order valence-corrected chi connectivity index (χ2v) is 4.98. The highest BCUT2D eigenvalue weighted by molar-refractivity contribution is 5.85. The summed E-state index contributed by atoms with van der Waals surface area (Å²) in [6.07, 6.45) is 0.